The summed E-state index contributed by atoms with van der Waals surface area (Å²) in [6.45, 7) is 0. The number of methoxy groups -OCH3 is 1. The Morgan fingerprint density at radius 1 is 0.838 bits per heavy atom. The number of carbonyl (C=O) groups is 2. The van der Waals surface area contributed by atoms with Crippen LogP contribution in [0.3, 0.4) is 0 Å². The summed E-state index contributed by atoms with van der Waals surface area (Å²) in [7, 11) is 1.29. The van der Waals surface area contributed by atoms with E-state index in [-0.39, 0.29) is 49.1 Å². The quantitative estimate of drug-likeness (QED) is 0.328. The summed E-state index contributed by atoms with van der Waals surface area (Å²) >= 11 is 0. The third kappa shape index (κ3) is 8.29. The summed E-state index contributed by atoms with van der Waals surface area (Å²) in [5.74, 6) is -6.07. The van der Waals surface area contributed by atoms with E-state index < -0.39 is 23.8 Å². The monoisotopic (exact) mass is 526 g/mol. The van der Waals surface area contributed by atoms with E-state index >= 15 is 0 Å². The number of ether oxygens (including phenoxy) is 1. The molecule has 2 aliphatic rings. The average Bonchev–Trinajstić information content (AvgIpc) is 2.87. The lowest BCUT2D eigenvalue weighted by atomic mass is 9.92. The van der Waals surface area contributed by atoms with Gasteiger partial charge < -0.3 is 20.5 Å². The van der Waals surface area contributed by atoms with Crippen LogP contribution in [-0.4, -0.2) is 58.1 Å². The second-order valence-corrected chi connectivity index (χ2v) is 9.14. The third-order valence-corrected chi connectivity index (χ3v) is 6.37. The van der Waals surface area contributed by atoms with Crippen molar-refractivity contribution in [2.24, 2.45) is 0 Å². The minimum atomic E-state index is -2.59. The molecule has 2 aromatic rings. The number of esters is 1. The molecule has 0 aromatic carbocycles. The Morgan fingerprint density at radius 2 is 1.24 bits per heavy atom. The highest BCUT2D eigenvalue weighted by Gasteiger charge is 2.36. The molecule has 2 fully saturated rings. The number of nitrogens with one attached hydrogen (secondary N) is 2. The lowest BCUT2D eigenvalue weighted by molar-refractivity contribution is -0.0366. The highest BCUT2D eigenvalue weighted by Crippen LogP contribution is 2.35. The number of anilines is 2. The maximum absolute atomic E-state index is 13.1. The Kier molecular flexibility index (Phi) is 9.28. The van der Waals surface area contributed by atoms with Crippen LogP contribution in [0.1, 0.15) is 72.1 Å². The molecule has 0 saturated heterocycles. The minimum absolute atomic E-state index is 0.0647. The van der Waals surface area contributed by atoms with Crippen LogP contribution < -0.4 is 10.6 Å². The smallest absolute Gasteiger partial charge is 0.341 e. The number of alkyl halides is 4. The lowest BCUT2D eigenvalue weighted by Gasteiger charge is -2.29. The van der Waals surface area contributed by atoms with Gasteiger partial charge in [-0.2, -0.15) is 0 Å². The van der Waals surface area contributed by atoms with Gasteiger partial charge in [0.1, 0.15) is 22.8 Å². The Labute approximate surface area is 211 Å². The number of carboxylic acid groups (broad SMARTS) is 1. The molecule has 2 aromatic heterocycles. The van der Waals surface area contributed by atoms with Crippen LogP contribution in [0.4, 0.5) is 29.2 Å². The van der Waals surface area contributed by atoms with E-state index in [2.05, 4.69) is 25.3 Å². The van der Waals surface area contributed by atoms with E-state index in [1.807, 2.05) is 0 Å². The fourth-order valence-corrected chi connectivity index (χ4v) is 4.24. The zero-order valence-electron chi connectivity index (χ0n) is 20.4. The number of hydrogen-bond acceptors (Lipinski definition) is 7. The van der Waals surface area contributed by atoms with Gasteiger partial charge in [-0.25, -0.2) is 37.1 Å². The standard InChI is InChI=1S/C13H16F2N2O2.C12H14F2N2O2/c1-19-12(18)10-3-2-8-16-11(10)17-9-4-6-13(14,15)7-5-9;13-12(14)5-3-8(4-6-12)16-10-9(11(17)18)2-1-7-15-10/h2-3,8-9H,4-7H2,1H3,(H,16,17);1-2,7-8H,3-6H2,(H,15,16)(H,17,18). The lowest BCUT2D eigenvalue weighted by Crippen LogP contribution is -2.32. The minimum Gasteiger partial charge on any atom is -0.478 e. The van der Waals surface area contributed by atoms with Crippen molar-refractivity contribution in [2.75, 3.05) is 17.7 Å². The van der Waals surface area contributed by atoms with E-state index in [4.69, 9.17) is 5.11 Å². The summed E-state index contributed by atoms with van der Waals surface area (Å²) in [6, 6.07) is 5.97. The van der Waals surface area contributed by atoms with Crippen molar-refractivity contribution in [3.63, 3.8) is 0 Å². The van der Waals surface area contributed by atoms with Gasteiger partial charge in [0.2, 0.25) is 11.8 Å². The van der Waals surface area contributed by atoms with E-state index in [1.165, 1.54) is 25.4 Å². The van der Waals surface area contributed by atoms with Crippen LogP contribution in [-0.2, 0) is 4.74 Å². The normalized spacial score (nSPS) is 19.2. The second-order valence-electron chi connectivity index (χ2n) is 9.14. The van der Waals surface area contributed by atoms with Crippen molar-refractivity contribution in [1.82, 2.24) is 9.97 Å². The highest BCUT2D eigenvalue weighted by atomic mass is 19.3. The zero-order valence-corrected chi connectivity index (χ0v) is 20.4. The first-order valence-electron chi connectivity index (χ1n) is 12.0. The second kappa shape index (κ2) is 12.2. The van der Waals surface area contributed by atoms with Gasteiger partial charge in [-0.05, 0) is 49.9 Å². The molecule has 2 aliphatic carbocycles. The first-order chi connectivity index (χ1) is 17.5. The number of rotatable bonds is 6. The Bertz CT molecular complexity index is 1070. The van der Waals surface area contributed by atoms with Crippen LogP contribution in [0.15, 0.2) is 36.7 Å². The van der Waals surface area contributed by atoms with Crippen LogP contribution in [0.2, 0.25) is 0 Å². The van der Waals surface area contributed by atoms with E-state index in [1.54, 1.807) is 18.3 Å². The molecule has 12 heteroatoms. The third-order valence-electron chi connectivity index (χ3n) is 6.37. The largest absolute Gasteiger partial charge is 0.478 e. The molecule has 0 amide bonds. The molecular weight excluding hydrogens is 496 g/mol. The van der Waals surface area contributed by atoms with Crippen LogP contribution >= 0.6 is 0 Å². The van der Waals surface area contributed by atoms with Gasteiger partial charge in [0.15, 0.2) is 0 Å². The maximum atomic E-state index is 13.1. The van der Waals surface area contributed by atoms with Crippen molar-refractivity contribution >= 4 is 23.6 Å². The van der Waals surface area contributed by atoms with Crippen molar-refractivity contribution in [3.8, 4) is 0 Å². The topological polar surface area (TPSA) is 113 Å². The fraction of sp³-hybridized carbons (Fsp3) is 0.520. The van der Waals surface area contributed by atoms with Crippen LogP contribution in [0.5, 0.6) is 0 Å². The highest BCUT2D eigenvalue weighted by molar-refractivity contribution is 5.94. The number of hydrogen-bond donors (Lipinski definition) is 3. The first kappa shape index (κ1) is 28.1. The molecule has 8 nitrogen and oxygen atoms in total. The molecule has 2 heterocycles. The van der Waals surface area contributed by atoms with E-state index in [0.29, 0.717) is 37.1 Å². The zero-order chi connectivity index (χ0) is 27.1. The molecule has 37 heavy (non-hydrogen) atoms. The number of carbonyl (C=O) groups excluding carboxylic acids is 1. The molecule has 3 N–H and O–H groups in total. The van der Waals surface area contributed by atoms with Gasteiger partial charge >= 0.3 is 11.9 Å². The number of aromatic nitrogens is 2. The van der Waals surface area contributed by atoms with Gasteiger partial charge in [0.05, 0.1) is 7.11 Å². The Hall–Kier alpha value is -3.44. The fourth-order valence-electron chi connectivity index (χ4n) is 4.24. The van der Waals surface area contributed by atoms with Gasteiger partial charge in [0, 0.05) is 50.2 Å². The van der Waals surface area contributed by atoms with Crippen molar-refractivity contribution in [2.45, 2.75) is 75.3 Å². The Balaban J connectivity index is 0.000000206. The Morgan fingerprint density at radius 3 is 1.65 bits per heavy atom. The molecule has 0 bridgehead atoms. The first-order valence-corrected chi connectivity index (χ1v) is 12.0. The average molecular weight is 527 g/mol. The summed E-state index contributed by atoms with van der Waals surface area (Å²) in [4.78, 5) is 30.6. The van der Waals surface area contributed by atoms with Crippen LogP contribution in [0.25, 0.3) is 0 Å². The van der Waals surface area contributed by atoms with E-state index in [0.717, 1.165) is 0 Å². The maximum Gasteiger partial charge on any atom is 0.341 e. The van der Waals surface area contributed by atoms with Gasteiger partial charge in [-0.3, -0.25) is 0 Å². The predicted octanol–water partition coefficient (Wildman–Crippen LogP) is 5.63. The predicted molar refractivity (Wildman–Crippen MR) is 128 cm³/mol. The van der Waals surface area contributed by atoms with Crippen LogP contribution in [0, 0.1) is 0 Å². The number of carboxylic acids is 1. The number of aromatic carboxylic acids is 1. The molecule has 0 atom stereocenters. The molecular formula is C25H30F4N4O4. The van der Waals surface area contributed by atoms with Gasteiger partial charge in [-0.1, -0.05) is 0 Å². The van der Waals surface area contributed by atoms with Crippen molar-refractivity contribution in [1.29, 1.82) is 0 Å². The summed E-state index contributed by atoms with van der Waals surface area (Å²) in [5.41, 5.74) is 0.386. The molecule has 0 aliphatic heterocycles. The van der Waals surface area contributed by atoms with Gasteiger partial charge in [-0.15, -0.1) is 0 Å². The molecule has 0 radical (unpaired) electrons. The number of pyridine rings is 2. The SMILES string of the molecule is COC(=O)c1cccnc1NC1CCC(F)(F)CC1.O=C(O)c1cccnc1NC1CCC(F)(F)CC1. The number of nitrogens with zero attached hydrogens (tertiary/aromatic N) is 2. The summed E-state index contributed by atoms with van der Waals surface area (Å²) in [6.07, 6.45) is 3.80. The summed E-state index contributed by atoms with van der Waals surface area (Å²) < 4.78 is 56.8. The van der Waals surface area contributed by atoms with E-state index in [9.17, 15) is 27.2 Å². The molecule has 2 saturated carbocycles. The molecule has 0 unspecified atom stereocenters. The van der Waals surface area contributed by atoms with Crippen molar-refractivity contribution < 1.29 is 37.0 Å². The molecule has 0 spiro atoms. The van der Waals surface area contributed by atoms with Crippen molar-refractivity contribution in [3.05, 3.63) is 47.8 Å². The summed E-state index contributed by atoms with van der Waals surface area (Å²) in [5, 5.41) is 15.0. The van der Waals surface area contributed by atoms with Gasteiger partial charge in [0.25, 0.3) is 0 Å². The molecule has 4 rings (SSSR count). The number of halogens is 4. The molecule has 202 valence electrons.